The largest absolute Gasteiger partial charge is 0.369 e. The normalized spacial score (nSPS) is 14.7. The molecule has 2 heterocycles. The molecule has 6 N–H and O–H groups in total. The van der Waals surface area contributed by atoms with Crippen LogP contribution < -0.4 is 26.7 Å². The molecular weight excluding hydrogens is 516 g/mol. The van der Waals surface area contributed by atoms with E-state index in [1.165, 1.54) is 11.8 Å². The molecule has 1 atom stereocenters. The number of hydrogen-bond donors (Lipinski definition) is 6. The summed E-state index contributed by atoms with van der Waals surface area (Å²) in [4.78, 5) is 37.0. The van der Waals surface area contributed by atoms with Crippen LogP contribution in [0.3, 0.4) is 0 Å². The van der Waals surface area contributed by atoms with Crippen molar-refractivity contribution in [3.8, 4) is 0 Å². The van der Waals surface area contributed by atoms with Crippen molar-refractivity contribution in [1.29, 1.82) is 0 Å². The highest BCUT2D eigenvalue weighted by Gasteiger charge is 2.27. The maximum absolute atomic E-state index is 12.8. The van der Waals surface area contributed by atoms with Gasteiger partial charge in [0, 0.05) is 25.6 Å². The van der Waals surface area contributed by atoms with E-state index in [4.69, 9.17) is 16.8 Å². The predicted octanol–water partition coefficient (Wildman–Crippen LogP) is 3.34. The van der Waals surface area contributed by atoms with Crippen LogP contribution in [0.4, 0.5) is 17.3 Å². The number of thioether (sulfide) groups is 1. The number of nitrogens with one attached hydrogen (secondary N) is 5. The van der Waals surface area contributed by atoms with Crippen molar-refractivity contribution < 1.29 is 14.8 Å². The fourth-order valence-electron chi connectivity index (χ4n) is 3.58. The second-order valence-electron chi connectivity index (χ2n) is 8.51. The first-order valence-electron chi connectivity index (χ1n) is 12.1. The molecule has 1 aliphatic rings. The van der Waals surface area contributed by atoms with Crippen molar-refractivity contribution >= 4 is 57.7 Å². The van der Waals surface area contributed by atoms with E-state index in [1.807, 2.05) is 32.0 Å². The standard InChI is InChI=1S/C24H33ClN8O3S/c1-15-7-6-8-17(25)22(15)32-23(35)18-14-28-24(37-18)31-20-13-19(29-16(2)30-20)27-12-11-26-10-5-3-4-9-21(34)33-36/h6-8,13,18,26,36H,3-5,9-12,14H2,1-2H3,(H,32,35)(H,33,34)(H2,27,28,29,30,31). The lowest BCUT2D eigenvalue weighted by Gasteiger charge is -2.13. The van der Waals surface area contributed by atoms with Crippen LogP contribution in [0, 0.1) is 13.8 Å². The Morgan fingerprint density at radius 2 is 1.92 bits per heavy atom. The molecule has 0 saturated carbocycles. The maximum atomic E-state index is 12.8. The van der Waals surface area contributed by atoms with Gasteiger partial charge in [-0.25, -0.2) is 15.4 Å². The zero-order valence-corrected chi connectivity index (χ0v) is 22.5. The lowest BCUT2D eigenvalue weighted by molar-refractivity contribution is -0.129. The summed E-state index contributed by atoms with van der Waals surface area (Å²) >= 11 is 7.58. The van der Waals surface area contributed by atoms with Crippen LogP contribution in [0.15, 0.2) is 29.3 Å². The van der Waals surface area contributed by atoms with Gasteiger partial charge < -0.3 is 21.3 Å². The van der Waals surface area contributed by atoms with Gasteiger partial charge in [-0.05, 0) is 44.9 Å². The predicted molar refractivity (Wildman–Crippen MR) is 149 cm³/mol. The SMILES string of the molecule is Cc1nc(NCCNCCCCCC(=O)NO)cc(NC2=NCC(C(=O)Nc3c(C)cccc3Cl)S2)n1. The van der Waals surface area contributed by atoms with Gasteiger partial charge in [-0.15, -0.1) is 0 Å². The van der Waals surface area contributed by atoms with Crippen molar-refractivity contribution in [1.82, 2.24) is 20.8 Å². The van der Waals surface area contributed by atoms with Crippen molar-refractivity contribution in [3.05, 3.63) is 40.7 Å². The van der Waals surface area contributed by atoms with E-state index in [9.17, 15) is 9.59 Å². The molecule has 1 aliphatic heterocycles. The summed E-state index contributed by atoms with van der Waals surface area (Å²) in [5.41, 5.74) is 3.17. The Bertz CT molecular complexity index is 1100. The number of hydrogen-bond acceptors (Lipinski definition) is 10. The maximum Gasteiger partial charge on any atom is 0.243 e. The number of rotatable bonds is 13. The first-order valence-corrected chi connectivity index (χ1v) is 13.4. The Labute approximate surface area is 225 Å². The minimum absolute atomic E-state index is 0.147. The third kappa shape index (κ3) is 9.47. The molecule has 0 radical (unpaired) electrons. The number of para-hydroxylation sites is 1. The fraction of sp³-hybridized carbons (Fsp3) is 0.458. The number of carbonyl (C=O) groups is 2. The van der Waals surface area contributed by atoms with Crippen molar-refractivity contribution in [3.63, 3.8) is 0 Å². The number of nitrogens with zero attached hydrogens (tertiary/aromatic N) is 3. The van der Waals surface area contributed by atoms with Crippen LogP contribution in [-0.4, -0.2) is 63.6 Å². The van der Waals surface area contributed by atoms with Crippen LogP contribution in [0.5, 0.6) is 0 Å². The number of unbranched alkanes of at least 4 members (excludes halogenated alkanes) is 2. The van der Waals surface area contributed by atoms with Gasteiger partial charge in [0.05, 0.1) is 17.3 Å². The lowest BCUT2D eigenvalue weighted by atomic mass is 10.2. The highest BCUT2D eigenvalue weighted by molar-refractivity contribution is 8.15. The third-order valence-corrected chi connectivity index (χ3v) is 6.90. The van der Waals surface area contributed by atoms with E-state index in [0.717, 1.165) is 37.9 Å². The Morgan fingerprint density at radius 3 is 2.70 bits per heavy atom. The molecule has 200 valence electrons. The highest BCUT2D eigenvalue weighted by atomic mass is 35.5. The monoisotopic (exact) mass is 548 g/mol. The Balaban J connectivity index is 1.39. The van der Waals surface area contributed by atoms with Gasteiger partial charge in [0.15, 0.2) is 5.17 Å². The summed E-state index contributed by atoms with van der Waals surface area (Å²) in [6.45, 7) is 6.36. The number of carbonyl (C=O) groups excluding carboxylic acids is 2. The molecule has 0 spiro atoms. The van der Waals surface area contributed by atoms with Crippen LogP contribution in [0.2, 0.25) is 5.02 Å². The second-order valence-corrected chi connectivity index (χ2v) is 10.1. The van der Waals surface area contributed by atoms with Crippen molar-refractivity contribution in [2.24, 2.45) is 4.99 Å². The molecule has 0 fully saturated rings. The van der Waals surface area contributed by atoms with E-state index in [0.29, 0.717) is 52.8 Å². The summed E-state index contributed by atoms with van der Waals surface area (Å²) < 4.78 is 0. The smallest absolute Gasteiger partial charge is 0.243 e. The number of amidine groups is 1. The number of benzene rings is 1. The van der Waals surface area contributed by atoms with Gasteiger partial charge in [-0.3, -0.25) is 19.8 Å². The highest BCUT2D eigenvalue weighted by Crippen LogP contribution is 2.28. The van der Waals surface area contributed by atoms with E-state index in [-0.39, 0.29) is 17.1 Å². The number of hydroxylamine groups is 1. The average molecular weight is 549 g/mol. The van der Waals surface area contributed by atoms with E-state index < -0.39 is 0 Å². The first-order chi connectivity index (χ1) is 17.9. The minimum atomic E-state index is -0.364. The van der Waals surface area contributed by atoms with Gasteiger partial charge in [0.1, 0.15) is 22.7 Å². The van der Waals surface area contributed by atoms with Crippen molar-refractivity contribution in [2.75, 3.05) is 42.1 Å². The molecule has 0 aliphatic carbocycles. The number of anilines is 3. The summed E-state index contributed by atoms with van der Waals surface area (Å²) in [6, 6.07) is 7.30. The summed E-state index contributed by atoms with van der Waals surface area (Å²) in [5.74, 6) is 1.41. The molecular formula is C24H33ClN8O3S. The van der Waals surface area contributed by atoms with Crippen LogP contribution >= 0.6 is 23.4 Å². The van der Waals surface area contributed by atoms with Crippen LogP contribution in [0.25, 0.3) is 0 Å². The topological polar surface area (TPSA) is 153 Å². The summed E-state index contributed by atoms with van der Waals surface area (Å²) in [6.07, 6.45) is 2.95. The fourth-order valence-corrected chi connectivity index (χ4v) is 4.74. The summed E-state index contributed by atoms with van der Waals surface area (Å²) in [5, 5.41) is 22.0. The molecule has 0 saturated heterocycles. The quantitative estimate of drug-likeness (QED) is 0.126. The number of amides is 2. The molecule has 2 amide bonds. The zero-order valence-electron chi connectivity index (χ0n) is 20.9. The van der Waals surface area contributed by atoms with Gasteiger partial charge in [0.25, 0.3) is 0 Å². The lowest BCUT2D eigenvalue weighted by Crippen LogP contribution is -2.27. The molecule has 1 aromatic carbocycles. The number of aromatic nitrogens is 2. The average Bonchev–Trinajstić information content (AvgIpc) is 3.33. The van der Waals surface area contributed by atoms with Crippen molar-refractivity contribution in [2.45, 2.75) is 44.8 Å². The minimum Gasteiger partial charge on any atom is -0.369 e. The summed E-state index contributed by atoms with van der Waals surface area (Å²) in [7, 11) is 0. The molecule has 3 rings (SSSR count). The molecule has 1 aromatic heterocycles. The molecule has 0 bridgehead atoms. The number of halogens is 1. The Hall–Kier alpha value is -2.93. The Kier molecular flexibility index (Phi) is 11.4. The van der Waals surface area contributed by atoms with Crippen LogP contribution in [-0.2, 0) is 9.59 Å². The first kappa shape index (κ1) is 28.6. The van der Waals surface area contributed by atoms with Gasteiger partial charge in [0.2, 0.25) is 11.8 Å². The molecule has 1 unspecified atom stereocenters. The number of aryl methyl sites for hydroxylation is 2. The second kappa shape index (κ2) is 14.7. The molecule has 11 nitrogen and oxygen atoms in total. The van der Waals surface area contributed by atoms with Gasteiger partial charge >= 0.3 is 0 Å². The van der Waals surface area contributed by atoms with Gasteiger partial charge in [-0.2, -0.15) is 0 Å². The Morgan fingerprint density at radius 1 is 1.11 bits per heavy atom. The zero-order chi connectivity index (χ0) is 26.6. The van der Waals surface area contributed by atoms with E-state index in [2.05, 4.69) is 36.2 Å². The van der Waals surface area contributed by atoms with E-state index >= 15 is 0 Å². The van der Waals surface area contributed by atoms with Gasteiger partial charge in [-0.1, -0.05) is 41.9 Å². The molecule has 13 heteroatoms. The third-order valence-electron chi connectivity index (χ3n) is 5.48. The van der Waals surface area contributed by atoms with E-state index in [1.54, 1.807) is 11.5 Å². The molecule has 37 heavy (non-hydrogen) atoms. The molecule has 2 aromatic rings. The number of aliphatic imine (C=N–C) groups is 1. The van der Waals surface area contributed by atoms with Crippen LogP contribution in [0.1, 0.15) is 37.1 Å².